The van der Waals surface area contributed by atoms with Gasteiger partial charge in [0.25, 0.3) is 17.7 Å². The SMILES string of the molecule is Cc1ccc(N2CCCC2)c(C(=O)NNC(=O)CNC(=O)c2cccnc2)c1. The van der Waals surface area contributed by atoms with Gasteiger partial charge in [-0.05, 0) is 44.0 Å². The number of rotatable bonds is 5. The average Bonchev–Trinajstić information content (AvgIpc) is 3.25. The van der Waals surface area contributed by atoms with Crippen molar-refractivity contribution in [3.63, 3.8) is 0 Å². The summed E-state index contributed by atoms with van der Waals surface area (Å²) in [6.07, 6.45) is 5.16. The predicted octanol–water partition coefficient (Wildman–Crippen LogP) is 1.18. The quantitative estimate of drug-likeness (QED) is 0.675. The Hall–Kier alpha value is -3.42. The molecule has 0 saturated carbocycles. The fourth-order valence-corrected chi connectivity index (χ4v) is 3.06. The third kappa shape index (κ3) is 4.85. The zero-order chi connectivity index (χ0) is 19.9. The van der Waals surface area contributed by atoms with Gasteiger partial charge >= 0.3 is 0 Å². The minimum absolute atomic E-state index is 0.263. The van der Waals surface area contributed by atoms with E-state index in [1.165, 1.54) is 6.20 Å². The number of carbonyl (C=O) groups is 3. The number of hydrogen-bond donors (Lipinski definition) is 3. The summed E-state index contributed by atoms with van der Waals surface area (Å²) in [7, 11) is 0. The molecule has 3 rings (SSSR count). The van der Waals surface area contributed by atoms with Crippen molar-refractivity contribution in [1.29, 1.82) is 0 Å². The lowest BCUT2D eigenvalue weighted by Crippen LogP contribution is -2.46. The fraction of sp³-hybridized carbons (Fsp3) is 0.300. The number of anilines is 1. The maximum atomic E-state index is 12.6. The van der Waals surface area contributed by atoms with E-state index in [4.69, 9.17) is 0 Å². The standard InChI is InChI=1S/C20H23N5O3/c1-14-6-7-17(25-9-2-3-10-25)16(11-14)20(28)24-23-18(26)13-22-19(27)15-5-4-8-21-12-15/h4-8,11-12H,2-3,9-10,13H2,1H3,(H,22,27)(H,23,26)(H,24,28). The van der Waals surface area contributed by atoms with E-state index in [1.54, 1.807) is 24.4 Å². The van der Waals surface area contributed by atoms with Crippen LogP contribution in [0.1, 0.15) is 39.1 Å². The predicted molar refractivity (Wildman–Crippen MR) is 105 cm³/mol. The van der Waals surface area contributed by atoms with E-state index in [1.807, 2.05) is 19.1 Å². The summed E-state index contributed by atoms with van der Waals surface area (Å²) in [5.41, 5.74) is 7.46. The van der Waals surface area contributed by atoms with Gasteiger partial charge in [0.1, 0.15) is 0 Å². The highest BCUT2D eigenvalue weighted by atomic mass is 16.2. The highest BCUT2D eigenvalue weighted by molar-refractivity contribution is 6.01. The van der Waals surface area contributed by atoms with Crippen molar-refractivity contribution in [2.24, 2.45) is 0 Å². The van der Waals surface area contributed by atoms with Crippen LogP contribution in [0.5, 0.6) is 0 Å². The van der Waals surface area contributed by atoms with Crippen LogP contribution in [0.15, 0.2) is 42.7 Å². The molecule has 8 nitrogen and oxygen atoms in total. The molecule has 0 spiro atoms. The molecule has 0 radical (unpaired) electrons. The number of hydrazine groups is 1. The number of nitrogens with one attached hydrogen (secondary N) is 3. The lowest BCUT2D eigenvalue weighted by molar-refractivity contribution is -0.120. The summed E-state index contributed by atoms with van der Waals surface area (Å²) < 4.78 is 0. The van der Waals surface area contributed by atoms with E-state index in [-0.39, 0.29) is 6.54 Å². The van der Waals surface area contributed by atoms with Crippen molar-refractivity contribution in [2.45, 2.75) is 19.8 Å². The van der Waals surface area contributed by atoms with E-state index < -0.39 is 17.7 Å². The first-order valence-electron chi connectivity index (χ1n) is 9.17. The number of benzene rings is 1. The highest BCUT2D eigenvalue weighted by Crippen LogP contribution is 2.25. The summed E-state index contributed by atoms with van der Waals surface area (Å²) in [6, 6.07) is 8.94. The van der Waals surface area contributed by atoms with Crippen molar-refractivity contribution >= 4 is 23.4 Å². The average molecular weight is 381 g/mol. The van der Waals surface area contributed by atoms with E-state index in [2.05, 4.69) is 26.1 Å². The Morgan fingerprint density at radius 1 is 1.07 bits per heavy atom. The Morgan fingerprint density at radius 2 is 1.86 bits per heavy atom. The van der Waals surface area contributed by atoms with E-state index in [9.17, 15) is 14.4 Å². The van der Waals surface area contributed by atoms with E-state index in [0.29, 0.717) is 11.1 Å². The summed E-state index contributed by atoms with van der Waals surface area (Å²) in [5.74, 6) is -1.33. The third-order valence-electron chi connectivity index (χ3n) is 4.49. The van der Waals surface area contributed by atoms with Crippen LogP contribution >= 0.6 is 0 Å². The van der Waals surface area contributed by atoms with Gasteiger partial charge in [0.05, 0.1) is 17.7 Å². The number of amides is 3. The lowest BCUT2D eigenvalue weighted by Gasteiger charge is -2.21. The Kier molecular flexibility index (Phi) is 6.21. The zero-order valence-corrected chi connectivity index (χ0v) is 15.7. The molecule has 1 aromatic carbocycles. The third-order valence-corrected chi connectivity index (χ3v) is 4.49. The van der Waals surface area contributed by atoms with Gasteiger partial charge in [-0.15, -0.1) is 0 Å². The fourth-order valence-electron chi connectivity index (χ4n) is 3.06. The molecule has 3 amide bonds. The van der Waals surface area contributed by atoms with Gasteiger partial charge in [0.2, 0.25) is 0 Å². The van der Waals surface area contributed by atoms with Crippen LogP contribution in [0, 0.1) is 6.92 Å². The van der Waals surface area contributed by atoms with Gasteiger partial charge in [0.15, 0.2) is 0 Å². The van der Waals surface area contributed by atoms with Gasteiger partial charge in [-0.25, -0.2) is 0 Å². The van der Waals surface area contributed by atoms with Crippen LogP contribution in [0.4, 0.5) is 5.69 Å². The molecule has 8 heteroatoms. The second-order valence-corrected chi connectivity index (χ2v) is 6.64. The van der Waals surface area contributed by atoms with Crippen molar-refractivity contribution in [3.05, 3.63) is 59.4 Å². The molecule has 0 bridgehead atoms. The number of hydrogen-bond acceptors (Lipinski definition) is 5. The second-order valence-electron chi connectivity index (χ2n) is 6.64. The number of carbonyl (C=O) groups excluding carboxylic acids is 3. The first-order chi connectivity index (χ1) is 13.5. The molecule has 1 aliphatic heterocycles. The van der Waals surface area contributed by atoms with Crippen molar-refractivity contribution in [2.75, 3.05) is 24.5 Å². The maximum absolute atomic E-state index is 12.6. The second kappa shape index (κ2) is 8.98. The zero-order valence-electron chi connectivity index (χ0n) is 15.7. The van der Waals surface area contributed by atoms with Gasteiger partial charge in [-0.2, -0.15) is 0 Å². The number of nitrogens with zero attached hydrogens (tertiary/aromatic N) is 2. The minimum Gasteiger partial charge on any atom is -0.371 e. The molecule has 3 N–H and O–H groups in total. The van der Waals surface area contributed by atoms with Crippen LogP contribution in [0.25, 0.3) is 0 Å². The molecule has 1 fully saturated rings. The van der Waals surface area contributed by atoms with Crippen LogP contribution in [0.3, 0.4) is 0 Å². The van der Waals surface area contributed by atoms with Crippen LogP contribution < -0.4 is 21.1 Å². The number of pyridine rings is 1. The Morgan fingerprint density at radius 3 is 2.57 bits per heavy atom. The van der Waals surface area contributed by atoms with Crippen molar-refractivity contribution < 1.29 is 14.4 Å². The molecule has 28 heavy (non-hydrogen) atoms. The molecular formula is C20H23N5O3. The molecule has 146 valence electrons. The number of aryl methyl sites for hydroxylation is 1. The van der Waals surface area contributed by atoms with Gasteiger partial charge in [-0.1, -0.05) is 11.6 Å². The summed E-state index contributed by atoms with van der Waals surface area (Å²) in [4.78, 5) is 42.5. The highest BCUT2D eigenvalue weighted by Gasteiger charge is 2.20. The lowest BCUT2D eigenvalue weighted by atomic mass is 10.1. The summed E-state index contributed by atoms with van der Waals surface area (Å²) in [6.45, 7) is 3.48. The van der Waals surface area contributed by atoms with Crippen molar-refractivity contribution in [1.82, 2.24) is 21.2 Å². The minimum atomic E-state index is -0.527. The smallest absolute Gasteiger partial charge is 0.271 e. The van der Waals surface area contributed by atoms with E-state index >= 15 is 0 Å². The van der Waals surface area contributed by atoms with Crippen molar-refractivity contribution in [3.8, 4) is 0 Å². The molecule has 1 aliphatic rings. The monoisotopic (exact) mass is 381 g/mol. The summed E-state index contributed by atoms with van der Waals surface area (Å²) in [5, 5.41) is 2.48. The normalized spacial score (nSPS) is 13.1. The van der Waals surface area contributed by atoms with Gasteiger partial charge < -0.3 is 10.2 Å². The van der Waals surface area contributed by atoms with Crippen LogP contribution in [0.2, 0.25) is 0 Å². The molecule has 2 aromatic rings. The molecule has 0 unspecified atom stereocenters. The number of aromatic nitrogens is 1. The van der Waals surface area contributed by atoms with Crippen LogP contribution in [-0.4, -0.2) is 42.3 Å². The largest absolute Gasteiger partial charge is 0.371 e. The molecule has 2 heterocycles. The topological polar surface area (TPSA) is 103 Å². The molecule has 1 aromatic heterocycles. The molecule has 1 saturated heterocycles. The molecule has 0 atom stereocenters. The molecule has 0 aliphatic carbocycles. The first-order valence-corrected chi connectivity index (χ1v) is 9.17. The van der Waals surface area contributed by atoms with E-state index in [0.717, 1.165) is 37.2 Å². The summed E-state index contributed by atoms with van der Waals surface area (Å²) >= 11 is 0. The first kappa shape index (κ1) is 19.3. The Bertz CT molecular complexity index is 863. The van der Waals surface area contributed by atoms with Crippen LogP contribution in [-0.2, 0) is 4.79 Å². The van der Waals surface area contributed by atoms with Gasteiger partial charge in [0, 0.05) is 31.2 Å². The van der Waals surface area contributed by atoms with Gasteiger partial charge in [-0.3, -0.25) is 30.2 Å². The Labute approximate surface area is 163 Å². The Balaban J connectivity index is 1.54. The maximum Gasteiger partial charge on any atom is 0.271 e. The molecular weight excluding hydrogens is 358 g/mol.